The lowest BCUT2D eigenvalue weighted by Gasteiger charge is -2.27. The maximum Gasteiger partial charge on any atom is 0.245 e. The van der Waals surface area contributed by atoms with Crippen molar-refractivity contribution >= 4 is 24.0 Å². The van der Waals surface area contributed by atoms with E-state index in [0.29, 0.717) is 17.9 Å². The van der Waals surface area contributed by atoms with Crippen molar-refractivity contribution in [1.29, 1.82) is 0 Å². The molecule has 4 N–H and O–H groups in total. The first kappa shape index (κ1) is 39.6. The van der Waals surface area contributed by atoms with Crippen LogP contribution >= 0.6 is 0 Å². The number of carbonyl (C=O) groups excluding carboxylic acids is 2. The summed E-state index contributed by atoms with van der Waals surface area (Å²) in [5.41, 5.74) is 3.87. The second kappa shape index (κ2) is 15.6. The SMILES string of the molecule is CCCCCCC(NC(=O)C=Cc1cc(C(C)(C)C)c(O)c(C(C)(C)C)c1)NC(=O)C=Cc1cc(C(C)(C)C)c(O)c(C(C)(C)C)c1. The summed E-state index contributed by atoms with van der Waals surface area (Å²) in [4.78, 5) is 26.3. The Kier molecular flexibility index (Phi) is 13.1. The molecule has 0 bridgehead atoms. The van der Waals surface area contributed by atoms with Gasteiger partial charge in [-0.3, -0.25) is 9.59 Å². The second-order valence-electron chi connectivity index (χ2n) is 17.0. The lowest BCUT2D eigenvalue weighted by Crippen LogP contribution is -2.47. The third-order valence-corrected chi connectivity index (χ3v) is 8.33. The molecule has 47 heavy (non-hydrogen) atoms. The molecule has 0 radical (unpaired) electrons. The van der Waals surface area contributed by atoms with Crippen LogP contribution in [0.3, 0.4) is 0 Å². The average Bonchev–Trinajstić information content (AvgIpc) is 2.91. The highest BCUT2D eigenvalue weighted by Crippen LogP contribution is 2.41. The minimum absolute atomic E-state index is 0.277. The normalized spacial score (nSPS) is 13.7. The Morgan fingerprint density at radius 2 is 0.915 bits per heavy atom. The molecular formula is C41H62N2O4. The number of benzene rings is 2. The van der Waals surface area contributed by atoms with Crippen LogP contribution in [0.2, 0.25) is 0 Å². The highest BCUT2D eigenvalue weighted by atomic mass is 16.3. The summed E-state index contributed by atoms with van der Waals surface area (Å²) >= 11 is 0. The fourth-order valence-electron chi connectivity index (χ4n) is 5.53. The quantitative estimate of drug-likeness (QED) is 0.111. The van der Waals surface area contributed by atoms with Crippen LogP contribution in [0.25, 0.3) is 12.2 Å². The van der Waals surface area contributed by atoms with Gasteiger partial charge in [-0.1, -0.05) is 109 Å². The van der Waals surface area contributed by atoms with Crippen LogP contribution in [0.4, 0.5) is 0 Å². The van der Waals surface area contributed by atoms with Crippen molar-refractivity contribution in [3.05, 3.63) is 69.8 Å². The van der Waals surface area contributed by atoms with E-state index in [9.17, 15) is 19.8 Å². The zero-order valence-corrected chi connectivity index (χ0v) is 31.4. The number of phenols is 2. The maximum atomic E-state index is 13.2. The Morgan fingerprint density at radius 1 is 0.596 bits per heavy atom. The van der Waals surface area contributed by atoms with E-state index in [1.807, 2.05) is 24.3 Å². The number of carbonyl (C=O) groups is 2. The summed E-state index contributed by atoms with van der Waals surface area (Å²) in [7, 11) is 0. The largest absolute Gasteiger partial charge is 0.507 e. The average molecular weight is 647 g/mol. The molecule has 0 aliphatic heterocycles. The van der Waals surface area contributed by atoms with Gasteiger partial charge in [0, 0.05) is 34.4 Å². The van der Waals surface area contributed by atoms with Crippen molar-refractivity contribution in [3.63, 3.8) is 0 Å². The first-order valence-corrected chi connectivity index (χ1v) is 17.2. The van der Waals surface area contributed by atoms with Gasteiger partial charge < -0.3 is 20.8 Å². The van der Waals surface area contributed by atoms with Gasteiger partial charge in [-0.15, -0.1) is 0 Å². The second-order valence-corrected chi connectivity index (χ2v) is 17.0. The van der Waals surface area contributed by atoms with Crippen molar-refractivity contribution in [2.45, 2.75) is 150 Å². The van der Waals surface area contributed by atoms with Crippen LogP contribution in [0.1, 0.15) is 155 Å². The molecule has 0 spiro atoms. The predicted molar refractivity (Wildman–Crippen MR) is 198 cm³/mol. The van der Waals surface area contributed by atoms with Gasteiger partial charge in [0.1, 0.15) is 17.7 Å². The van der Waals surface area contributed by atoms with Crippen molar-refractivity contribution in [1.82, 2.24) is 10.6 Å². The van der Waals surface area contributed by atoms with Crippen molar-refractivity contribution < 1.29 is 19.8 Å². The molecule has 0 fully saturated rings. The van der Waals surface area contributed by atoms with Crippen molar-refractivity contribution in [3.8, 4) is 11.5 Å². The summed E-state index contributed by atoms with van der Waals surface area (Å²) in [6.07, 6.45) is 10.7. The first-order chi connectivity index (χ1) is 21.4. The van der Waals surface area contributed by atoms with Gasteiger partial charge in [-0.2, -0.15) is 0 Å². The zero-order valence-electron chi connectivity index (χ0n) is 31.4. The topological polar surface area (TPSA) is 98.7 Å². The van der Waals surface area contributed by atoms with E-state index in [1.165, 1.54) is 12.2 Å². The van der Waals surface area contributed by atoms with Crippen molar-refractivity contribution in [2.24, 2.45) is 0 Å². The molecule has 6 heteroatoms. The molecule has 6 nitrogen and oxygen atoms in total. The van der Waals surface area contributed by atoms with Crippen LogP contribution in [0.15, 0.2) is 36.4 Å². The molecule has 0 saturated carbocycles. The molecule has 260 valence electrons. The standard InChI is InChI=1S/C41H62N2O4/c1-14-15-16-17-18-33(42-34(44)21-19-27-23-29(38(2,3)4)36(46)30(24-27)39(5,6)7)43-35(45)22-20-28-25-31(40(8,9)10)37(47)32(26-28)41(11,12)13/h19-26,33,46-47H,14-18H2,1-13H3,(H,42,44)(H,43,45). The number of hydrogen-bond donors (Lipinski definition) is 4. The number of hydrogen-bond acceptors (Lipinski definition) is 4. The molecule has 0 aromatic heterocycles. The molecule has 0 aliphatic rings. The van der Waals surface area contributed by atoms with Crippen molar-refractivity contribution in [2.75, 3.05) is 0 Å². The molecule has 2 aromatic rings. The van der Waals surface area contributed by atoms with Gasteiger partial charge in [0.15, 0.2) is 0 Å². The maximum absolute atomic E-state index is 13.2. The molecule has 0 atom stereocenters. The molecular weight excluding hydrogens is 584 g/mol. The van der Waals surface area contributed by atoms with E-state index >= 15 is 0 Å². The van der Waals surface area contributed by atoms with Crippen LogP contribution in [-0.2, 0) is 31.2 Å². The molecule has 0 unspecified atom stereocenters. The van der Waals surface area contributed by atoms with Crippen LogP contribution in [-0.4, -0.2) is 28.2 Å². The van der Waals surface area contributed by atoms with E-state index in [1.54, 1.807) is 12.2 Å². The van der Waals surface area contributed by atoms with Gasteiger partial charge in [-0.25, -0.2) is 0 Å². The zero-order chi connectivity index (χ0) is 36.0. The van der Waals surface area contributed by atoms with E-state index in [-0.39, 0.29) is 33.5 Å². The smallest absolute Gasteiger partial charge is 0.245 e. The monoisotopic (exact) mass is 646 g/mol. The molecule has 2 rings (SSSR count). The summed E-state index contributed by atoms with van der Waals surface area (Å²) in [6, 6.07) is 7.73. The lowest BCUT2D eigenvalue weighted by molar-refractivity contribution is -0.119. The summed E-state index contributed by atoms with van der Waals surface area (Å²) in [6.45, 7) is 26.9. The number of amides is 2. The van der Waals surface area contributed by atoms with Gasteiger partial charge in [0.2, 0.25) is 11.8 Å². The van der Waals surface area contributed by atoms with E-state index in [4.69, 9.17) is 0 Å². The Hall–Kier alpha value is -3.54. The number of phenolic OH excluding ortho intramolecular Hbond substituents is 2. The lowest BCUT2D eigenvalue weighted by atomic mass is 9.78. The minimum atomic E-state index is -0.536. The number of unbranched alkanes of at least 4 members (excludes halogenated alkanes) is 3. The Labute approximate surface area is 285 Å². The summed E-state index contributed by atoms with van der Waals surface area (Å²) < 4.78 is 0. The molecule has 0 heterocycles. The van der Waals surface area contributed by atoms with Gasteiger partial charge in [0.05, 0.1) is 0 Å². The van der Waals surface area contributed by atoms with Crippen LogP contribution in [0, 0.1) is 0 Å². The van der Waals surface area contributed by atoms with E-state index in [0.717, 1.165) is 59.1 Å². The minimum Gasteiger partial charge on any atom is -0.507 e. The Morgan fingerprint density at radius 3 is 1.19 bits per heavy atom. The highest BCUT2D eigenvalue weighted by Gasteiger charge is 2.27. The Bertz CT molecular complexity index is 1280. The fraction of sp³-hybridized carbons (Fsp3) is 0.561. The third-order valence-electron chi connectivity index (χ3n) is 8.33. The first-order valence-electron chi connectivity index (χ1n) is 17.2. The number of aromatic hydroxyl groups is 2. The molecule has 2 amide bonds. The molecule has 0 aliphatic carbocycles. The molecule has 2 aromatic carbocycles. The summed E-state index contributed by atoms with van der Waals surface area (Å²) in [5.74, 6) is -0.0153. The Balaban J connectivity index is 2.32. The summed E-state index contributed by atoms with van der Waals surface area (Å²) in [5, 5.41) is 28.1. The van der Waals surface area contributed by atoms with E-state index < -0.39 is 6.17 Å². The van der Waals surface area contributed by atoms with Crippen LogP contribution < -0.4 is 10.6 Å². The highest BCUT2D eigenvalue weighted by molar-refractivity contribution is 5.94. The van der Waals surface area contributed by atoms with E-state index in [2.05, 4.69) is 101 Å². The predicted octanol–water partition coefficient (Wildman–Crippen LogP) is 9.54. The fourth-order valence-corrected chi connectivity index (χ4v) is 5.53. The van der Waals surface area contributed by atoms with Gasteiger partial charge in [0.25, 0.3) is 0 Å². The number of nitrogens with one attached hydrogen (secondary N) is 2. The van der Waals surface area contributed by atoms with Gasteiger partial charge in [-0.05, 0) is 82.0 Å². The van der Waals surface area contributed by atoms with Gasteiger partial charge >= 0.3 is 0 Å². The van der Waals surface area contributed by atoms with Crippen LogP contribution in [0.5, 0.6) is 11.5 Å². The molecule has 0 saturated heterocycles. The third kappa shape index (κ3) is 11.9. The number of rotatable bonds is 11.